The van der Waals surface area contributed by atoms with Gasteiger partial charge in [-0.05, 0) is 44.4 Å². The Morgan fingerprint density at radius 2 is 1.84 bits per heavy atom. The molecule has 1 amide bonds. The second-order valence-electron chi connectivity index (χ2n) is 6.17. The van der Waals surface area contributed by atoms with Crippen molar-refractivity contribution in [3.63, 3.8) is 0 Å². The van der Waals surface area contributed by atoms with Crippen LogP contribution in [0.1, 0.15) is 25.8 Å². The molecule has 2 aromatic rings. The first-order chi connectivity index (χ1) is 11.7. The van der Waals surface area contributed by atoms with Gasteiger partial charge in [0.25, 0.3) is 0 Å². The summed E-state index contributed by atoms with van der Waals surface area (Å²) in [7, 11) is -3.93. The molecule has 0 spiro atoms. The fourth-order valence-electron chi connectivity index (χ4n) is 2.26. The van der Waals surface area contributed by atoms with E-state index in [1.54, 1.807) is 0 Å². The first kappa shape index (κ1) is 19.4. The molecular formula is C18H21ClN2O3S. The van der Waals surface area contributed by atoms with E-state index in [0.29, 0.717) is 11.6 Å². The van der Waals surface area contributed by atoms with Crippen molar-refractivity contribution < 1.29 is 13.2 Å². The molecule has 0 aliphatic carbocycles. The Kier molecular flexibility index (Phi) is 6.19. The minimum atomic E-state index is -3.93. The van der Waals surface area contributed by atoms with Crippen molar-refractivity contribution in [2.45, 2.75) is 36.5 Å². The molecule has 0 fully saturated rings. The Hall–Kier alpha value is -1.92. The van der Waals surface area contributed by atoms with Crippen LogP contribution in [0, 0.1) is 0 Å². The Labute approximate surface area is 153 Å². The number of aromatic nitrogens is 1. The lowest BCUT2D eigenvalue weighted by Crippen LogP contribution is -2.48. The zero-order chi connectivity index (χ0) is 18.5. The van der Waals surface area contributed by atoms with E-state index in [-0.39, 0.29) is 5.03 Å². The third kappa shape index (κ3) is 4.58. The summed E-state index contributed by atoms with van der Waals surface area (Å²) < 4.78 is 23.8. The number of aryl methyl sites for hydroxylation is 1. The number of hydrogen-bond donors (Lipinski definition) is 1. The third-order valence-corrected chi connectivity index (χ3v) is 6.51. The third-order valence-electron chi connectivity index (χ3n) is 3.96. The zero-order valence-corrected chi connectivity index (χ0v) is 15.8. The minimum Gasteiger partial charge on any atom is -0.355 e. The smallest absolute Gasteiger partial charge is 0.241 e. The van der Waals surface area contributed by atoms with Crippen LogP contribution in [-0.2, 0) is 21.1 Å². The van der Waals surface area contributed by atoms with Gasteiger partial charge in [0.15, 0.2) is 9.77 Å². The lowest BCUT2D eigenvalue weighted by atomic mass is 10.1. The van der Waals surface area contributed by atoms with E-state index in [2.05, 4.69) is 10.3 Å². The van der Waals surface area contributed by atoms with Gasteiger partial charge in [0.05, 0.1) is 5.02 Å². The summed E-state index contributed by atoms with van der Waals surface area (Å²) in [4.78, 5) is 16.3. The lowest BCUT2D eigenvalue weighted by molar-refractivity contribution is -0.122. The molecule has 1 N–H and O–H groups in total. The van der Waals surface area contributed by atoms with Crippen LogP contribution in [0.4, 0.5) is 0 Å². The average molecular weight is 381 g/mol. The maximum atomic E-state index is 12.7. The number of carbonyl (C=O) groups excluding carboxylic acids is 1. The van der Waals surface area contributed by atoms with Gasteiger partial charge in [0.2, 0.25) is 15.7 Å². The van der Waals surface area contributed by atoms with E-state index in [9.17, 15) is 13.2 Å². The van der Waals surface area contributed by atoms with Crippen LogP contribution < -0.4 is 5.32 Å². The maximum Gasteiger partial charge on any atom is 0.241 e. The highest BCUT2D eigenvalue weighted by Crippen LogP contribution is 2.25. The van der Waals surface area contributed by atoms with Crippen LogP contribution in [0.2, 0.25) is 5.02 Å². The number of halogens is 1. The number of nitrogens with one attached hydrogen (secondary N) is 1. The predicted molar refractivity (Wildman–Crippen MR) is 98.3 cm³/mol. The Morgan fingerprint density at radius 1 is 1.16 bits per heavy atom. The van der Waals surface area contributed by atoms with E-state index in [4.69, 9.17) is 11.6 Å². The van der Waals surface area contributed by atoms with Gasteiger partial charge in [-0.25, -0.2) is 13.4 Å². The highest BCUT2D eigenvalue weighted by molar-refractivity contribution is 7.93. The molecule has 7 heteroatoms. The van der Waals surface area contributed by atoms with Crippen LogP contribution in [0.15, 0.2) is 53.7 Å². The molecule has 0 unspecified atom stereocenters. The summed E-state index contributed by atoms with van der Waals surface area (Å²) in [5.74, 6) is -0.544. The van der Waals surface area contributed by atoms with Crippen molar-refractivity contribution in [3.05, 3.63) is 59.2 Å². The van der Waals surface area contributed by atoms with Crippen molar-refractivity contribution in [1.82, 2.24) is 10.3 Å². The maximum absolute atomic E-state index is 12.7. The monoisotopic (exact) mass is 380 g/mol. The van der Waals surface area contributed by atoms with E-state index in [0.717, 1.165) is 12.8 Å². The molecule has 0 aliphatic rings. The molecule has 1 aromatic carbocycles. The molecule has 5 nitrogen and oxygen atoms in total. The van der Waals surface area contributed by atoms with Crippen molar-refractivity contribution >= 4 is 27.3 Å². The van der Waals surface area contributed by atoms with Crippen molar-refractivity contribution in [2.75, 3.05) is 6.54 Å². The quantitative estimate of drug-likeness (QED) is 0.749. The van der Waals surface area contributed by atoms with Crippen LogP contribution in [-0.4, -0.2) is 30.6 Å². The van der Waals surface area contributed by atoms with Crippen molar-refractivity contribution in [2.24, 2.45) is 0 Å². The second-order valence-corrected chi connectivity index (χ2v) is 9.06. The van der Waals surface area contributed by atoms with Crippen LogP contribution in [0.25, 0.3) is 0 Å². The number of carbonyl (C=O) groups is 1. The van der Waals surface area contributed by atoms with Crippen LogP contribution in [0.3, 0.4) is 0 Å². The fraction of sp³-hybridized carbons (Fsp3) is 0.333. The number of sulfone groups is 1. The van der Waals surface area contributed by atoms with Gasteiger partial charge < -0.3 is 5.32 Å². The predicted octanol–water partition coefficient (Wildman–Crippen LogP) is 3.04. The molecule has 0 aliphatic heterocycles. The highest BCUT2D eigenvalue weighted by Gasteiger charge is 2.43. The summed E-state index contributed by atoms with van der Waals surface area (Å²) in [5, 5.41) is 2.88. The molecule has 0 atom stereocenters. The highest BCUT2D eigenvalue weighted by atomic mass is 35.5. The van der Waals surface area contributed by atoms with Gasteiger partial charge in [0, 0.05) is 12.7 Å². The molecule has 2 rings (SSSR count). The first-order valence-electron chi connectivity index (χ1n) is 7.93. The SMILES string of the molecule is CC(C)(C(=O)NCCCc1ccccc1)S(=O)(=O)c1ccc(Cl)cn1. The fourth-order valence-corrected chi connectivity index (χ4v) is 3.65. The van der Waals surface area contributed by atoms with Gasteiger partial charge >= 0.3 is 0 Å². The van der Waals surface area contributed by atoms with Gasteiger partial charge in [-0.15, -0.1) is 0 Å². The molecule has 0 radical (unpaired) electrons. The van der Waals surface area contributed by atoms with Crippen LogP contribution in [0.5, 0.6) is 0 Å². The molecular weight excluding hydrogens is 360 g/mol. The number of hydrogen-bond acceptors (Lipinski definition) is 4. The lowest BCUT2D eigenvalue weighted by Gasteiger charge is -2.23. The summed E-state index contributed by atoms with van der Waals surface area (Å²) in [6.45, 7) is 3.16. The summed E-state index contributed by atoms with van der Waals surface area (Å²) in [6.07, 6.45) is 2.79. The summed E-state index contributed by atoms with van der Waals surface area (Å²) in [5.41, 5.74) is 1.17. The van der Waals surface area contributed by atoms with E-state index < -0.39 is 20.5 Å². The molecule has 0 bridgehead atoms. The molecule has 1 heterocycles. The van der Waals surface area contributed by atoms with E-state index >= 15 is 0 Å². The second kappa shape index (κ2) is 7.97. The van der Waals surface area contributed by atoms with Gasteiger partial charge in [-0.1, -0.05) is 41.9 Å². The number of nitrogens with zero attached hydrogens (tertiary/aromatic N) is 1. The van der Waals surface area contributed by atoms with Crippen molar-refractivity contribution in [1.29, 1.82) is 0 Å². The minimum absolute atomic E-state index is 0.165. The number of amides is 1. The average Bonchev–Trinajstić information content (AvgIpc) is 2.59. The molecule has 134 valence electrons. The largest absolute Gasteiger partial charge is 0.355 e. The van der Waals surface area contributed by atoms with Crippen molar-refractivity contribution in [3.8, 4) is 0 Å². The first-order valence-corrected chi connectivity index (χ1v) is 9.79. The van der Waals surface area contributed by atoms with Gasteiger partial charge in [0.1, 0.15) is 0 Å². The summed E-state index contributed by atoms with van der Waals surface area (Å²) in [6, 6.07) is 12.6. The Bertz CT molecular complexity index is 819. The Balaban J connectivity index is 1.98. The number of pyridine rings is 1. The normalized spacial score (nSPS) is 12.0. The topological polar surface area (TPSA) is 76.1 Å². The summed E-state index contributed by atoms with van der Waals surface area (Å²) >= 11 is 5.74. The molecule has 0 saturated carbocycles. The van der Waals surface area contributed by atoms with Crippen LogP contribution >= 0.6 is 11.6 Å². The van der Waals surface area contributed by atoms with Gasteiger partial charge in [-0.2, -0.15) is 0 Å². The standard InChI is InChI=1S/C18H21ClN2O3S/c1-18(2,25(23,24)16-11-10-15(19)13-21-16)17(22)20-12-6-9-14-7-4-3-5-8-14/h3-5,7-8,10-11,13H,6,9,12H2,1-2H3,(H,20,22). The van der Waals surface area contributed by atoms with E-state index in [1.165, 1.54) is 37.7 Å². The molecule has 1 aromatic heterocycles. The number of benzene rings is 1. The van der Waals surface area contributed by atoms with E-state index in [1.807, 2.05) is 30.3 Å². The molecule has 0 saturated heterocycles. The Morgan fingerprint density at radius 3 is 2.44 bits per heavy atom. The number of rotatable bonds is 7. The zero-order valence-electron chi connectivity index (χ0n) is 14.2. The molecule has 25 heavy (non-hydrogen) atoms. The van der Waals surface area contributed by atoms with Gasteiger partial charge in [-0.3, -0.25) is 4.79 Å².